The molecule has 8 nitrogen and oxygen atoms in total. The molecule has 2 N–H and O–H groups in total. The van der Waals surface area contributed by atoms with Crippen LogP contribution in [0.3, 0.4) is 0 Å². The monoisotopic (exact) mass is 392 g/mol. The number of methoxy groups -OCH3 is 2. The van der Waals surface area contributed by atoms with Crippen molar-refractivity contribution in [3.63, 3.8) is 0 Å². The zero-order valence-electron chi connectivity index (χ0n) is 16.4. The Bertz CT molecular complexity index is 721. The standard InChI is InChI=1S/C19H28N4O4.CH4/c1-5-6-14(8-10-24)23-19-17(11-21-13(2)22-19)27-12-15-18(26-4)16(25-3)7-9-20-15;/h7,9,11,14,24H,5-6,8,10,12H2,1-4H3,(H,21,22,23);1H4/t14-;/m0./s1. The first-order valence-corrected chi connectivity index (χ1v) is 9.02. The van der Waals surface area contributed by atoms with Crippen LogP contribution in [0.2, 0.25) is 0 Å². The SMILES string of the molecule is C.CCC[C@@H](CCO)Nc1nc(C)ncc1OCc1nccc(OC)c1OC. The Morgan fingerprint density at radius 1 is 1.14 bits per heavy atom. The van der Waals surface area contributed by atoms with Crippen molar-refractivity contribution in [3.8, 4) is 17.2 Å². The average Bonchev–Trinajstić information content (AvgIpc) is 2.67. The summed E-state index contributed by atoms with van der Waals surface area (Å²) in [6.07, 6.45) is 5.85. The molecule has 156 valence electrons. The minimum Gasteiger partial charge on any atom is -0.493 e. The summed E-state index contributed by atoms with van der Waals surface area (Å²) in [4.78, 5) is 13.0. The third-order valence-electron chi connectivity index (χ3n) is 4.06. The lowest BCUT2D eigenvalue weighted by Crippen LogP contribution is -2.22. The average molecular weight is 393 g/mol. The van der Waals surface area contributed by atoms with E-state index in [1.165, 1.54) is 0 Å². The van der Waals surface area contributed by atoms with E-state index in [1.807, 2.05) is 6.92 Å². The van der Waals surface area contributed by atoms with Crippen LogP contribution in [0.4, 0.5) is 5.82 Å². The Labute approximate surface area is 167 Å². The molecule has 2 aromatic heterocycles. The van der Waals surface area contributed by atoms with E-state index in [1.54, 1.807) is 32.7 Å². The summed E-state index contributed by atoms with van der Waals surface area (Å²) in [5.41, 5.74) is 0.615. The van der Waals surface area contributed by atoms with Crippen molar-refractivity contribution in [1.29, 1.82) is 0 Å². The fourth-order valence-electron chi connectivity index (χ4n) is 2.75. The zero-order valence-corrected chi connectivity index (χ0v) is 16.4. The number of ether oxygens (including phenoxy) is 3. The molecule has 2 heterocycles. The van der Waals surface area contributed by atoms with Crippen molar-refractivity contribution < 1.29 is 19.3 Å². The van der Waals surface area contributed by atoms with Crippen molar-refractivity contribution in [2.45, 2.75) is 53.2 Å². The van der Waals surface area contributed by atoms with Gasteiger partial charge in [-0.05, 0) is 19.8 Å². The second-order valence-corrected chi connectivity index (χ2v) is 6.05. The second kappa shape index (κ2) is 12.0. The van der Waals surface area contributed by atoms with E-state index in [-0.39, 0.29) is 26.7 Å². The molecule has 0 aliphatic heterocycles. The molecule has 0 aliphatic rings. The van der Waals surface area contributed by atoms with Gasteiger partial charge in [0.05, 0.1) is 20.4 Å². The highest BCUT2D eigenvalue weighted by Gasteiger charge is 2.16. The zero-order chi connectivity index (χ0) is 19.6. The summed E-state index contributed by atoms with van der Waals surface area (Å²) in [7, 11) is 3.14. The number of rotatable bonds is 11. The molecular formula is C20H32N4O4. The van der Waals surface area contributed by atoms with Gasteiger partial charge in [0, 0.05) is 24.9 Å². The van der Waals surface area contributed by atoms with E-state index < -0.39 is 0 Å². The van der Waals surface area contributed by atoms with E-state index in [0.29, 0.717) is 41.0 Å². The highest BCUT2D eigenvalue weighted by molar-refractivity contribution is 5.50. The first kappa shape index (κ1) is 23.4. The van der Waals surface area contributed by atoms with Gasteiger partial charge < -0.3 is 24.6 Å². The van der Waals surface area contributed by atoms with E-state index >= 15 is 0 Å². The van der Waals surface area contributed by atoms with Crippen LogP contribution in [0, 0.1) is 6.92 Å². The van der Waals surface area contributed by atoms with Gasteiger partial charge in [-0.3, -0.25) is 4.98 Å². The minimum absolute atomic E-state index is 0. The number of anilines is 1. The fourth-order valence-corrected chi connectivity index (χ4v) is 2.75. The van der Waals surface area contributed by atoms with Crippen molar-refractivity contribution in [2.24, 2.45) is 0 Å². The number of aliphatic hydroxyl groups is 1. The van der Waals surface area contributed by atoms with E-state index in [4.69, 9.17) is 14.2 Å². The fraction of sp³-hybridized carbons (Fsp3) is 0.550. The van der Waals surface area contributed by atoms with Crippen LogP contribution in [0.15, 0.2) is 18.5 Å². The van der Waals surface area contributed by atoms with Gasteiger partial charge in [0.25, 0.3) is 0 Å². The maximum absolute atomic E-state index is 9.29. The number of aromatic nitrogens is 3. The van der Waals surface area contributed by atoms with Crippen LogP contribution >= 0.6 is 0 Å². The van der Waals surface area contributed by atoms with Crippen LogP contribution < -0.4 is 19.5 Å². The molecule has 0 spiro atoms. The maximum Gasteiger partial charge on any atom is 0.185 e. The predicted octanol–water partition coefficient (Wildman–Crippen LogP) is 3.38. The summed E-state index contributed by atoms with van der Waals surface area (Å²) in [5, 5.41) is 12.7. The summed E-state index contributed by atoms with van der Waals surface area (Å²) in [6.45, 7) is 4.22. The molecule has 0 bridgehead atoms. The molecule has 0 aromatic carbocycles. The quantitative estimate of drug-likeness (QED) is 0.600. The first-order chi connectivity index (χ1) is 13.1. The summed E-state index contributed by atoms with van der Waals surface area (Å²) in [5.74, 6) is 2.89. The van der Waals surface area contributed by atoms with Crippen molar-refractivity contribution >= 4 is 5.82 Å². The number of nitrogens with one attached hydrogen (secondary N) is 1. The Hall–Kier alpha value is -2.61. The Morgan fingerprint density at radius 2 is 1.93 bits per heavy atom. The van der Waals surface area contributed by atoms with Crippen LogP contribution in [-0.2, 0) is 6.61 Å². The van der Waals surface area contributed by atoms with Crippen LogP contribution in [0.25, 0.3) is 0 Å². The van der Waals surface area contributed by atoms with Crippen molar-refractivity contribution in [2.75, 3.05) is 26.1 Å². The van der Waals surface area contributed by atoms with E-state index in [0.717, 1.165) is 12.8 Å². The van der Waals surface area contributed by atoms with Gasteiger partial charge in [-0.2, -0.15) is 0 Å². The molecule has 0 aliphatic carbocycles. The van der Waals surface area contributed by atoms with Gasteiger partial charge >= 0.3 is 0 Å². The summed E-state index contributed by atoms with van der Waals surface area (Å²) < 4.78 is 16.6. The largest absolute Gasteiger partial charge is 0.493 e. The van der Waals surface area contributed by atoms with Gasteiger partial charge in [-0.1, -0.05) is 20.8 Å². The van der Waals surface area contributed by atoms with E-state index in [2.05, 4.69) is 27.2 Å². The first-order valence-electron chi connectivity index (χ1n) is 9.02. The molecule has 2 aromatic rings. The normalized spacial score (nSPS) is 11.3. The molecule has 0 amide bonds. The molecule has 0 fully saturated rings. The van der Waals surface area contributed by atoms with Gasteiger partial charge in [0.1, 0.15) is 18.1 Å². The number of nitrogens with zero attached hydrogens (tertiary/aromatic N) is 3. The van der Waals surface area contributed by atoms with Crippen LogP contribution in [0.1, 0.15) is 45.1 Å². The van der Waals surface area contributed by atoms with E-state index in [9.17, 15) is 5.11 Å². The number of aryl methyl sites for hydroxylation is 1. The molecule has 0 saturated heterocycles. The smallest absolute Gasteiger partial charge is 0.185 e. The van der Waals surface area contributed by atoms with Gasteiger partial charge in [0.2, 0.25) is 0 Å². The molecule has 0 unspecified atom stereocenters. The molecular weight excluding hydrogens is 360 g/mol. The van der Waals surface area contributed by atoms with Crippen LogP contribution in [0.5, 0.6) is 17.2 Å². The highest BCUT2D eigenvalue weighted by atomic mass is 16.5. The number of pyridine rings is 1. The van der Waals surface area contributed by atoms with Gasteiger partial charge in [0.15, 0.2) is 23.1 Å². The lowest BCUT2D eigenvalue weighted by molar-refractivity contribution is 0.274. The maximum atomic E-state index is 9.29. The lowest BCUT2D eigenvalue weighted by atomic mass is 10.1. The Morgan fingerprint density at radius 3 is 2.57 bits per heavy atom. The van der Waals surface area contributed by atoms with Gasteiger partial charge in [-0.15, -0.1) is 0 Å². The molecule has 2 rings (SSSR count). The third kappa shape index (κ3) is 6.23. The lowest BCUT2D eigenvalue weighted by Gasteiger charge is -2.20. The molecule has 0 radical (unpaired) electrons. The van der Waals surface area contributed by atoms with Crippen LogP contribution in [-0.4, -0.2) is 46.9 Å². The molecule has 0 saturated carbocycles. The summed E-state index contributed by atoms with van der Waals surface area (Å²) in [6, 6.07) is 1.84. The predicted molar refractivity (Wildman–Crippen MR) is 109 cm³/mol. The molecule has 8 heteroatoms. The molecule has 28 heavy (non-hydrogen) atoms. The highest BCUT2D eigenvalue weighted by Crippen LogP contribution is 2.31. The Kier molecular flexibility index (Phi) is 10.0. The topological polar surface area (TPSA) is 98.6 Å². The van der Waals surface area contributed by atoms with Crippen molar-refractivity contribution in [1.82, 2.24) is 15.0 Å². The molecule has 1 atom stereocenters. The number of hydrogen-bond donors (Lipinski definition) is 2. The summed E-state index contributed by atoms with van der Waals surface area (Å²) >= 11 is 0. The second-order valence-electron chi connectivity index (χ2n) is 6.05. The number of aliphatic hydroxyl groups excluding tert-OH is 1. The van der Waals surface area contributed by atoms with Crippen molar-refractivity contribution in [3.05, 3.63) is 30.0 Å². The van der Waals surface area contributed by atoms with Gasteiger partial charge in [-0.25, -0.2) is 9.97 Å². The third-order valence-corrected chi connectivity index (χ3v) is 4.06. The minimum atomic E-state index is 0. The number of hydrogen-bond acceptors (Lipinski definition) is 8. The Balaban J connectivity index is 0.00000392.